The molecule has 4 aliphatic rings. The third-order valence-corrected chi connectivity index (χ3v) is 9.24. The Hall–Kier alpha value is -4.16. The molecule has 0 bridgehead atoms. The maximum Gasteiger partial charge on any atom is 0.416 e. The van der Waals surface area contributed by atoms with E-state index < -0.39 is 17.6 Å². The molecule has 2 amide bonds. The Morgan fingerprint density at radius 3 is 2.82 bits per heavy atom. The third-order valence-electron chi connectivity index (χ3n) is 9.24. The molecular formula is C33H34F3N5O4. The van der Waals surface area contributed by atoms with E-state index in [9.17, 15) is 22.8 Å². The molecule has 2 fully saturated rings. The van der Waals surface area contributed by atoms with Crippen molar-refractivity contribution in [2.24, 2.45) is 0 Å². The van der Waals surface area contributed by atoms with Gasteiger partial charge in [-0.05, 0) is 81.9 Å². The van der Waals surface area contributed by atoms with Gasteiger partial charge in [0.1, 0.15) is 29.2 Å². The smallest absolute Gasteiger partial charge is 0.416 e. The first kappa shape index (κ1) is 29.5. The van der Waals surface area contributed by atoms with Crippen molar-refractivity contribution in [1.29, 1.82) is 0 Å². The Bertz CT molecular complexity index is 1660. The number of hydrogen-bond acceptors (Lipinski definition) is 7. The lowest BCUT2D eigenvalue weighted by Gasteiger charge is -2.36. The number of likely N-dealkylation sites (N-methyl/N-ethyl adjacent to an activating group) is 1. The van der Waals surface area contributed by atoms with Gasteiger partial charge in [0.25, 0.3) is 5.91 Å². The molecule has 4 atom stereocenters. The van der Waals surface area contributed by atoms with Crippen LogP contribution in [0, 0.1) is 0 Å². The van der Waals surface area contributed by atoms with E-state index in [-0.39, 0.29) is 41.6 Å². The van der Waals surface area contributed by atoms with Gasteiger partial charge in [-0.3, -0.25) is 14.5 Å². The first-order valence-corrected chi connectivity index (χ1v) is 15.2. The highest BCUT2D eigenvalue weighted by Crippen LogP contribution is 2.54. The number of amides is 2. The summed E-state index contributed by atoms with van der Waals surface area (Å²) in [5.74, 6) is 1.54. The highest BCUT2D eigenvalue weighted by molar-refractivity contribution is 5.95. The van der Waals surface area contributed by atoms with Crippen molar-refractivity contribution in [3.05, 3.63) is 76.5 Å². The van der Waals surface area contributed by atoms with Crippen LogP contribution in [0.2, 0.25) is 0 Å². The molecule has 0 radical (unpaired) electrons. The molecular weight excluding hydrogens is 587 g/mol. The zero-order chi connectivity index (χ0) is 31.5. The van der Waals surface area contributed by atoms with Crippen LogP contribution in [0.5, 0.6) is 17.2 Å². The van der Waals surface area contributed by atoms with Crippen molar-refractivity contribution in [1.82, 2.24) is 20.1 Å². The summed E-state index contributed by atoms with van der Waals surface area (Å²) in [5, 5.41) is 5.65. The average molecular weight is 622 g/mol. The van der Waals surface area contributed by atoms with Crippen LogP contribution in [0.3, 0.4) is 0 Å². The molecule has 45 heavy (non-hydrogen) atoms. The number of anilines is 1. The number of likely N-dealkylation sites (tertiary alicyclic amines) is 1. The van der Waals surface area contributed by atoms with E-state index in [1.165, 1.54) is 12.1 Å². The zero-order valence-electron chi connectivity index (χ0n) is 25.0. The number of piperidine rings is 1. The Morgan fingerprint density at radius 1 is 1.18 bits per heavy atom. The van der Waals surface area contributed by atoms with Gasteiger partial charge in [-0.1, -0.05) is 6.07 Å². The van der Waals surface area contributed by atoms with Gasteiger partial charge in [-0.25, -0.2) is 4.98 Å². The van der Waals surface area contributed by atoms with Gasteiger partial charge < -0.3 is 25.0 Å². The zero-order valence-corrected chi connectivity index (χ0v) is 25.0. The van der Waals surface area contributed by atoms with E-state index in [0.29, 0.717) is 48.5 Å². The minimum absolute atomic E-state index is 0.0345. The molecule has 1 aliphatic carbocycles. The maximum absolute atomic E-state index is 14.2. The lowest BCUT2D eigenvalue weighted by Crippen LogP contribution is -2.44. The monoisotopic (exact) mass is 621 g/mol. The molecule has 4 heterocycles. The van der Waals surface area contributed by atoms with Crippen molar-refractivity contribution in [2.45, 2.75) is 62.5 Å². The molecule has 1 saturated carbocycles. The summed E-state index contributed by atoms with van der Waals surface area (Å²) in [6.45, 7) is 1.62. The Labute approximate surface area is 258 Å². The summed E-state index contributed by atoms with van der Waals surface area (Å²) < 4.78 is 54.7. The number of hydrogen-bond donors (Lipinski definition) is 2. The standard InChI is InChI=1S/C33H34F3N5O4/c1-40(2)20-4-3-13-41(17-20)16-19-6-5-18(14-24(19)33(34,35)36)32(43)39-29-28-23-15-21(7-9-25(23)45-30(28)29)44-26-11-12-37-31-22(26)8-10-27(42)38-31/h5-7,9,11-12,14-15,20,28-30H,3-4,8,10,13,16-17H2,1-2H3,(H,39,43)(H,37,38,42)/t20?,28-,29-,30-/m0/s1. The van der Waals surface area contributed by atoms with Crippen LogP contribution < -0.4 is 20.1 Å². The van der Waals surface area contributed by atoms with Crippen molar-refractivity contribution in [3.8, 4) is 17.2 Å². The van der Waals surface area contributed by atoms with Crippen molar-refractivity contribution >= 4 is 17.6 Å². The summed E-state index contributed by atoms with van der Waals surface area (Å²) in [6.07, 6.45) is -0.495. The van der Waals surface area contributed by atoms with Crippen LogP contribution in [-0.4, -0.2) is 72.0 Å². The van der Waals surface area contributed by atoms with Gasteiger partial charge in [0.15, 0.2) is 0 Å². The molecule has 9 nitrogen and oxygen atoms in total. The Morgan fingerprint density at radius 2 is 2.02 bits per heavy atom. The second-order valence-electron chi connectivity index (χ2n) is 12.5. The fourth-order valence-electron chi connectivity index (χ4n) is 6.75. The fraction of sp³-hybridized carbons (Fsp3) is 0.424. The molecule has 3 aromatic rings. The van der Waals surface area contributed by atoms with Crippen molar-refractivity contribution < 1.29 is 32.2 Å². The largest absolute Gasteiger partial charge is 0.487 e. The molecule has 2 N–H and O–H groups in total. The van der Waals surface area contributed by atoms with Crippen LogP contribution in [0.15, 0.2) is 48.7 Å². The number of alkyl halides is 3. The van der Waals surface area contributed by atoms with Crippen LogP contribution in [0.4, 0.5) is 19.0 Å². The number of benzene rings is 2. The highest BCUT2D eigenvalue weighted by atomic mass is 19.4. The molecule has 1 aromatic heterocycles. The number of rotatable bonds is 7. The van der Waals surface area contributed by atoms with Crippen LogP contribution >= 0.6 is 0 Å². The predicted molar refractivity (Wildman–Crippen MR) is 160 cm³/mol. The molecule has 236 valence electrons. The molecule has 0 spiro atoms. The number of ether oxygens (including phenoxy) is 2. The summed E-state index contributed by atoms with van der Waals surface area (Å²) in [7, 11) is 3.98. The van der Waals surface area contributed by atoms with E-state index in [1.54, 1.807) is 18.3 Å². The summed E-state index contributed by atoms with van der Waals surface area (Å²) >= 11 is 0. The fourth-order valence-corrected chi connectivity index (χ4v) is 6.75. The number of carbonyl (C=O) groups is 2. The highest BCUT2D eigenvalue weighted by Gasteiger charge is 2.59. The summed E-state index contributed by atoms with van der Waals surface area (Å²) in [5.41, 5.74) is 1.04. The van der Waals surface area contributed by atoms with Gasteiger partial charge >= 0.3 is 6.18 Å². The quantitative estimate of drug-likeness (QED) is 0.385. The summed E-state index contributed by atoms with van der Waals surface area (Å²) in [6, 6.07) is 11.0. The topological polar surface area (TPSA) is 96.0 Å². The molecule has 12 heteroatoms. The minimum Gasteiger partial charge on any atom is -0.487 e. The number of aromatic nitrogens is 1. The molecule has 3 aliphatic heterocycles. The SMILES string of the molecule is CN(C)C1CCCN(Cc2ccc(C(=O)N[C@@H]3[C@H]4Oc5ccc(Oc6ccnc7c6CCC(=O)N7)cc5[C@@H]34)cc2C(F)(F)F)C1. The van der Waals surface area contributed by atoms with Crippen molar-refractivity contribution in [3.63, 3.8) is 0 Å². The van der Waals surface area contributed by atoms with E-state index in [4.69, 9.17) is 9.47 Å². The van der Waals surface area contributed by atoms with Gasteiger partial charge in [0.05, 0.1) is 17.5 Å². The lowest BCUT2D eigenvalue weighted by atomic mass is 10.00. The van der Waals surface area contributed by atoms with E-state index >= 15 is 0 Å². The van der Waals surface area contributed by atoms with Gasteiger partial charge in [0.2, 0.25) is 5.91 Å². The van der Waals surface area contributed by atoms with Crippen LogP contribution in [-0.2, 0) is 23.9 Å². The second kappa shape index (κ2) is 11.3. The third kappa shape index (κ3) is 5.84. The number of halogens is 3. The number of nitrogens with one attached hydrogen (secondary N) is 2. The first-order valence-electron chi connectivity index (χ1n) is 15.2. The normalized spacial score (nSPS) is 23.8. The van der Waals surface area contributed by atoms with Gasteiger partial charge in [-0.2, -0.15) is 13.2 Å². The molecule has 7 rings (SSSR count). The average Bonchev–Trinajstić information content (AvgIpc) is 3.52. The second-order valence-corrected chi connectivity index (χ2v) is 12.5. The Kier molecular flexibility index (Phi) is 7.44. The lowest BCUT2D eigenvalue weighted by molar-refractivity contribution is -0.138. The first-order chi connectivity index (χ1) is 21.5. The van der Waals surface area contributed by atoms with Crippen LogP contribution in [0.25, 0.3) is 0 Å². The number of carbonyl (C=O) groups excluding carboxylic acids is 2. The van der Waals surface area contributed by atoms with Crippen LogP contribution in [0.1, 0.15) is 57.8 Å². The molecule has 1 unspecified atom stereocenters. The number of pyridine rings is 1. The minimum atomic E-state index is -4.59. The van der Waals surface area contributed by atoms with E-state index in [0.717, 1.165) is 36.6 Å². The predicted octanol–water partition coefficient (Wildman–Crippen LogP) is 4.96. The van der Waals surface area contributed by atoms with E-state index in [2.05, 4.69) is 25.4 Å². The molecule has 1 saturated heterocycles. The van der Waals surface area contributed by atoms with E-state index in [1.807, 2.05) is 26.2 Å². The van der Waals surface area contributed by atoms with Gasteiger partial charge in [0, 0.05) is 48.4 Å². The molecule has 2 aromatic carbocycles. The van der Waals surface area contributed by atoms with Crippen molar-refractivity contribution in [2.75, 3.05) is 32.5 Å². The summed E-state index contributed by atoms with van der Waals surface area (Å²) in [4.78, 5) is 33.3. The maximum atomic E-state index is 14.2. The number of fused-ring (bicyclic) bond motifs is 4. The Balaban J connectivity index is 1.04. The number of nitrogens with zero attached hydrogens (tertiary/aromatic N) is 3. The van der Waals surface area contributed by atoms with Gasteiger partial charge in [-0.15, -0.1) is 0 Å².